The highest BCUT2D eigenvalue weighted by molar-refractivity contribution is 6.04. The van der Waals surface area contributed by atoms with Crippen LogP contribution < -0.4 is 10.7 Å². The molecule has 1 amide bonds. The van der Waals surface area contributed by atoms with E-state index in [4.69, 9.17) is 4.42 Å². The third-order valence-electron chi connectivity index (χ3n) is 4.08. The second kappa shape index (κ2) is 7.40. The first-order valence-corrected chi connectivity index (χ1v) is 8.53. The van der Waals surface area contributed by atoms with Crippen LogP contribution in [0.5, 0.6) is 0 Å². The van der Waals surface area contributed by atoms with Gasteiger partial charge in [-0.3, -0.25) is 4.79 Å². The van der Waals surface area contributed by atoms with Crippen molar-refractivity contribution in [3.8, 4) is 0 Å². The standard InChI is InChI=1S/C22H22N2O2/c1-14-5-9-18(10-6-14)23-20-13-16(3)26-17(4)21(20)22(25)24-19-11-7-15(2)8-12-19/h5-13H,1-4H3,(H,24,25). The summed E-state index contributed by atoms with van der Waals surface area (Å²) in [5, 5.41) is 3.52. The van der Waals surface area contributed by atoms with Gasteiger partial charge >= 0.3 is 0 Å². The Hall–Kier alpha value is -3.14. The number of anilines is 1. The lowest BCUT2D eigenvalue weighted by atomic mass is 10.1. The van der Waals surface area contributed by atoms with Crippen LogP contribution in [0.1, 0.15) is 33.0 Å². The van der Waals surface area contributed by atoms with Crippen LogP contribution in [0, 0.1) is 27.7 Å². The van der Waals surface area contributed by atoms with Gasteiger partial charge in [-0.25, -0.2) is 4.99 Å². The Morgan fingerprint density at radius 2 is 1.46 bits per heavy atom. The minimum Gasteiger partial charge on any atom is -0.466 e. The fourth-order valence-electron chi connectivity index (χ4n) is 2.72. The van der Waals surface area contributed by atoms with Gasteiger partial charge in [0.25, 0.3) is 5.91 Å². The average Bonchev–Trinajstić information content (AvgIpc) is 2.58. The maximum absolute atomic E-state index is 12.9. The smallest absolute Gasteiger partial charge is 0.261 e. The van der Waals surface area contributed by atoms with E-state index in [0.29, 0.717) is 22.4 Å². The summed E-state index contributed by atoms with van der Waals surface area (Å²) in [6.07, 6.45) is 0. The quantitative estimate of drug-likeness (QED) is 0.726. The molecule has 3 aromatic rings. The van der Waals surface area contributed by atoms with Crippen LogP contribution >= 0.6 is 0 Å². The van der Waals surface area contributed by atoms with E-state index in [1.807, 2.05) is 69.3 Å². The zero-order valence-corrected chi connectivity index (χ0v) is 15.5. The summed E-state index contributed by atoms with van der Waals surface area (Å²) < 4.78 is 5.66. The lowest BCUT2D eigenvalue weighted by Gasteiger charge is -2.09. The second-order valence-corrected chi connectivity index (χ2v) is 6.44. The molecular weight excluding hydrogens is 324 g/mol. The zero-order valence-electron chi connectivity index (χ0n) is 15.5. The largest absolute Gasteiger partial charge is 0.466 e. The van der Waals surface area contributed by atoms with Crippen LogP contribution in [0.3, 0.4) is 0 Å². The summed E-state index contributed by atoms with van der Waals surface area (Å²) in [6.45, 7) is 7.67. The van der Waals surface area contributed by atoms with Crippen molar-refractivity contribution in [1.29, 1.82) is 0 Å². The van der Waals surface area contributed by atoms with Gasteiger partial charge in [-0.05, 0) is 52.0 Å². The summed E-state index contributed by atoms with van der Waals surface area (Å²) in [5.41, 5.74) is 4.28. The summed E-state index contributed by atoms with van der Waals surface area (Å²) in [4.78, 5) is 17.5. The first kappa shape index (κ1) is 17.7. The van der Waals surface area contributed by atoms with Gasteiger partial charge in [-0.2, -0.15) is 0 Å². The van der Waals surface area contributed by atoms with E-state index in [9.17, 15) is 4.79 Å². The summed E-state index contributed by atoms with van der Waals surface area (Å²) >= 11 is 0. The Kier molecular flexibility index (Phi) is 5.03. The van der Waals surface area contributed by atoms with E-state index < -0.39 is 0 Å². The van der Waals surface area contributed by atoms with Gasteiger partial charge in [0.2, 0.25) is 0 Å². The van der Waals surface area contributed by atoms with Gasteiger partial charge in [0.1, 0.15) is 17.1 Å². The van der Waals surface area contributed by atoms with Gasteiger partial charge < -0.3 is 9.73 Å². The third kappa shape index (κ3) is 4.09. The lowest BCUT2D eigenvalue weighted by Crippen LogP contribution is -2.23. The zero-order chi connectivity index (χ0) is 18.7. The van der Waals surface area contributed by atoms with E-state index >= 15 is 0 Å². The van der Waals surface area contributed by atoms with Crippen LogP contribution in [0.25, 0.3) is 0 Å². The van der Waals surface area contributed by atoms with Crippen molar-refractivity contribution in [2.45, 2.75) is 27.7 Å². The van der Waals surface area contributed by atoms with Gasteiger partial charge in [0.15, 0.2) is 0 Å². The van der Waals surface area contributed by atoms with Crippen molar-refractivity contribution >= 4 is 17.3 Å². The first-order valence-electron chi connectivity index (χ1n) is 8.53. The highest BCUT2D eigenvalue weighted by Crippen LogP contribution is 2.15. The second-order valence-electron chi connectivity index (χ2n) is 6.44. The van der Waals surface area contributed by atoms with Crippen LogP contribution in [0.15, 0.2) is 64.0 Å². The normalized spacial score (nSPS) is 11.5. The molecule has 0 aliphatic carbocycles. The van der Waals surface area contributed by atoms with Crippen LogP contribution in [-0.2, 0) is 0 Å². The molecule has 0 saturated carbocycles. The molecule has 0 aliphatic rings. The van der Waals surface area contributed by atoms with Gasteiger partial charge in [0.05, 0.1) is 11.0 Å². The van der Waals surface area contributed by atoms with Crippen LogP contribution in [-0.4, -0.2) is 5.91 Å². The molecule has 1 aromatic heterocycles. The maximum atomic E-state index is 12.9. The number of carbonyl (C=O) groups excluding carboxylic acids is 1. The van der Waals surface area contributed by atoms with E-state index in [2.05, 4.69) is 10.3 Å². The molecule has 0 radical (unpaired) electrons. The molecule has 1 N–H and O–H groups in total. The molecule has 1 heterocycles. The molecule has 0 saturated heterocycles. The molecule has 0 unspecified atom stereocenters. The number of carbonyl (C=O) groups is 1. The fraction of sp³-hybridized carbons (Fsp3) is 0.182. The lowest BCUT2D eigenvalue weighted by molar-refractivity contribution is 0.102. The number of hydrogen-bond acceptors (Lipinski definition) is 3. The molecule has 2 aromatic carbocycles. The number of rotatable bonds is 3. The van der Waals surface area contributed by atoms with E-state index in [0.717, 1.165) is 22.5 Å². The van der Waals surface area contributed by atoms with Crippen molar-refractivity contribution in [3.05, 3.63) is 88.2 Å². The molecule has 0 aliphatic heterocycles. The number of hydrogen-bond donors (Lipinski definition) is 1. The average molecular weight is 346 g/mol. The molecule has 0 atom stereocenters. The van der Waals surface area contributed by atoms with Crippen molar-refractivity contribution in [1.82, 2.24) is 0 Å². The Morgan fingerprint density at radius 3 is 2.08 bits per heavy atom. The molecule has 3 rings (SSSR count). The summed E-state index contributed by atoms with van der Waals surface area (Å²) in [7, 11) is 0. The van der Waals surface area contributed by atoms with Crippen molar-refractivity contribution in [2.75, 3.05) is 5.32 Å². The van der Waals surface area contributed by atoms with Crippen LogP contribution in [0.4, 0.5) is 11.4 Å². The Morgan fingerprint density at radius 1 is 0.885 bits per heavy atom. The number of amides is 1. The minimum absolute atomic E-state index is 0.235. The predicted molar refractivity (Wildman–Crippen MR) is 104 cm³/mol. The van der Waals surface area contributed by atoms with Gasteiger partial charge in [0, 0.05) is 11.8 Å². The summed E-state index contributed by atoms with van der Waals surface area (Å²) in [6, 6.07) is 17.3. The molecule has 0 spiro atoms. The summed E-state index contributed by atoms with van der Waals surface area (Å²) in [5.74, 6) is 1.02. The molecule has 4 heteroatoms. The van der Waals surface area contributed by atoms with E-state index in [-0.39, 0.29) is 5.91 Å². The topological polar surface area (TPSA) is 54.6 Å². The molecular formula is C22H22N2O2. The number of nitrogens with zero attached hydrogens (tertiary/aromatic N) is 1. The van der Waals surface area contributed by atoms with Crippen LogP contribution in [0.2, 0.25) is 0 Å². The van der Waals surface area contributed by atoms with Gasteiger partial charge in [-0.15, -0.1) is 0 Å². The fourth-order valence-corrected chi connectivity index (χ4v) is 2.72. The van der Waals surface area contributed by atoms with Gasteiger partial charge in [-0.1, -0.05) is 35.4 Å². The number of benzene rings is 2. The van der Waals surface area contributed by atoms with Crippen molar-refractivity contribution in [3.63, 3.8) is 0 Å². The van der Waals surface area contributed by atoms with Crippen molar-refractivity contribution in [2.24, 2.45) is 4.99 Å². The molecule has 0 fully saturated rings. The Bertz CT molecular complexity index is 998. The van der Waals surface area contributed by atoms with E-state index in [1.54, 1.807) is 13.0 Å². The highest BCUT2D eigenvalue weighted by atomic mass is 16.3. The predicted octanol–water partition coefficient (Wildman–Crippen LogP) is 5.00. The van der Waals surface area contributed by atoms with Crippen molar-refractivity contribution < 1.29 is 9.21 Å². The maximum Gasteiger partial charge on any atom is 0.261 e. The molecule has 0 bridgehead atoms. The highest BCUT2D eigenvalue weighted by Gasteiger charge is 2.15. The van der Waals surface area contributed by atoms with E-state index in [1.165, 1.54) is 0 Å². The monoisotopic (exact) mass is 346 g/mol. The minimum atomic E-state index is -0.235. The number of aryl methyl sites for hydroxylation is 4. The molecule has 26 heavy (non-hydrogen) atoms. The SMILES string of the molecule is Cc1ccc(N=c2cc(C)oc(C)c2C(=O)Nc2ccc(C)cc2)cc1. The number of nitrogens with one attached hydrogen (secondary N) is 1. The molecule has 132 valence electrons. The first-order chi connectivity index (χ1) is 12.4. The Labute approximate surface area is 153 Å². The Balaban J connectivity index is 2.04. The molecule has 4 nitrogen and oxygen atoms in total. The third-order valence-corrected chi connectivity index (χ3v) is 4.08.